The number of morpholine rings is 1. The van der Waals surface area contributed by atoms with E-state index in [9.17, 15) is 17.6 Å². The number of carbonyl (C=O) groups is 1. The van der Waals surface area contributed by atoms with E-state index in [0.29, 0.717) is 26.3 Å². The maximum absolute atomic E-state index is 13.6. The van der Waals surface area contributed by atoms with E-state index in [1.807, 2.05) is 0 Å². The Kier molecular flexibility index (Phi) is 6.05. The quantitative estimate of drug-likeness (QED) is 0.687. The van der Waals surface area contributed by atoms with Crippen molar-refractivity contribution in [3.63, 3.8) is 0 Å². The highest BCUT2D eigenvalue weighted by Crippen LogP contribution is 2.26. The highest BCUT2D eigenvalue weighted by molar-refractivity contribution is 7.86. The standard InChI is InChI=1S/C15H18Cl2FN3O4S/c16-12-10-13(17)14(18)9-11(12)15(22)19-1-3-20(4-2-19)26(23,24)21-5-7-25-8-6-21/h9-10H,1-8H2. The first kappa shape index (κ1) is 19.8. The van der Waals surface area contributed by atoms with Crippen molar-refractivity contribution >= 4 is 39.3 Å². The van der Waals surface area contributed by atoms with Gasteiger partial charge in [-0.05, 0) is 12.1 Å². The Morgan fingerprint density at radius 2 is 1.54 bits per heavy atom. The molecule has 144 valence electrons. The molecule has 2 heterocycles. The van der Waals surface area contributed by atoms with Crippen LogP contribution in [0.2, 0.25) is 10.0 Å². The SMILES string of the molecule is O=C(c1cc(F)c(Cl)cc1Cl)N1CCN(S(=O)(=O)N2CCOCC2)CC1. The molecule has 2 saturated heterocycles. The minimum absolute atomic E-state index is 0.0121. The zero-order valence-electron chi connectivity index (χ0n) is 13.8. The number of benzene rings is 1. The molecule has 26 heavy (non-hydrogen) atoms. The predicted molar refractivity (Wildman–Crippen MR) is 95.2 cm³/mol. The van der Waals surface area contributed by atoms with E-state index >= 15 is 0 Å². The third-order valence-electron chi connectivity index (χ3n) is 4.39. The van der Waals surface area contributed by atoms with Crippen LogP contribution in [0.4, 0.5) is 4.39 Å². The summed E-state index contributed by atoms with van der Waals surface area (Å²) in [4.78, 5) is 14.0. The maximum Gasteiger partial charge on any atom is 0.282 e. The van der Waals surface area contributed by atoms with E-state index in [-0.39, 0.29) is 41.8 Å². The first-order valence-electron chi connectivity index (χ1n) is 8.07. The highest BCUT2D eigenvalue weighted by Gasteiger charge is 2.34. The molecule has 0 bridgehead atoms. The van der Waals surface area contributed by atoms with Gasteiger partial charge in [0.2, 0.25) is 0 Å². The van der Waals surface area contributed by atoms with Gasteiger partial charge in [0.25, 0.3) is 16.1 Å². The van der Waals surface area contributed by atoms with Crippen LogP contribution < -0.4 is 0 Å². The van der Waals surface area contributed by atoms with Crippen molar-refractivity contribution in [2.75, 3.05) is 52.5 Å². The average molecular weight is 426 g/mol. The number of piperazine rings is 1. The Hall–Kier alpha value is -0.970. The summed E-state index contributed by atoms with van der Waals surface area (Å²) in [5.74, 6) is -1.18. The molecule has 2 fully saturated rings. The number of hydrogen-bond acceptors (Lipinski definition) is 4. The lowest BCUT2D eigenvalue weighted by Gasteiger charge is -2.37. The van der Waals surface area contributed by atoms with E-state index in [2.05, 4.69) is 0 Å². The molecule has 0 atom stereocenters. The second kappa shape index (κ2) is 7.95. The van der Waals surface area contributed by atoms with Crippen LogP contribution in [0.1, 0.15) is 10.4 Å². The molecule has 3 rings (SSSR count). The number of carbonyl (C=O) groups excluding carboxylic acids is 1. The molecule has 1 aromatic carbocycles. The van der Waals surface area contributed by atoms with E-state index in [4.69, 9.17) is 27.9 Å². The zero-order valence-corrected chi connectivity index (χ0v) is 16.2. The van der Waals surface area contributed by atoms with Crippen LogP contribution in [0, 0.1) is 5.82 Å². The van der Waals surface area contributed by atoms with Gasteiger partial charge in [-0.3, -0.25) is 4.79 Å². The fourth-order valence-electron chi connectivity index (χ4n) is 2.92. The fourth-order valence-corrected chi connectivity index (χ4v) is 4.95. The van der Waals surface area contributed by atoms with Crippen LogP contribution in [0.25, 0.3) is 0 Å². The van der Waals surface area contributed by atoms with Crippen LogP contribution >= 0.6 is 23.2 Å². The Morgan fingerprint density at radius 1 is 0.962 bits per heavy atom. The van der Waals surface area contributed by atoms with Gasteiger partial charge in [0, 0.05) is 39.3 Å². The molecule has 0 N–H and O–H groups in total. The van der Waals surface area contributed by atoms with E-state index in [0.717, 1.165) is 6.07 Å². The molecule has 2 aliphatic rings. The molecular formula is C15H18Cl2FN3O4S. The largest absolute Gasteiger partial charge is 0.379 e. The smallest absolute Gasteiger partial charge is 0.282 e. The van der Waals surface area contributed by atoms with E-state index in [1.54, 1.807) is 0 Å². The molecule has 0 unspecified atom stereocenters. The molecule has 0 saturated carbocycles. The summed E-state index contributed by atoms with van der Waals surface area (Å²) < 4.78 is 46.8. The van der Waals surface area contributed by atoms with Crippen molar-refractivity contribution in [3.8, 4) is 0 Å². The first-order valence-corrected chi connectivity index (χ1v) is 10.2. The lowest BCUT2D eigenvalue weighted by atomic mass is 10.1. The van der Waals surface area contributed by atoms with Crippen molar-refractivity contribution < 1.29 is 22.3 Å². The van der Waals surface area contributed by atoms with Gasteiger partial charge in [-0.15, -0.1) is 0 Å². The van der Waals surface area contributed by atoms with Gasteiger partial charge in [0.05, 0.1) is 28.8 Å². The maximum atomic E-state index is 13.6. The van der Waals surface area contributed by atoms with Crippen LogP contribution in [-0.2, 0) is 14.9 Å². The molecule has 0 spiro atoms. The van der Waals surface area contributed by atoms with Gasteiger partial charge in [0.1, 0.15) is 5.82 Å². The lowest BCUT2D eigenvalue weighted by Crippen LogP contribution is -2.55. The average Bonchev–Trinajstić information content (AvgIpc) is 2.65. The second-order valence-electron chi connectivity index (χ2n) is 5.96. The summed E-state index contributed by atoms with van der Waals surface area (Å²) in [5.41, 5.74) is 0.0121. The van der Waals surface area contributed by atoms with Crippen molar-refractivity contribution in [1.29, 1.82) is 0 Å². The van der Waals surface area contributed by atoms with Gasteiger partial charge < -0.3 is 9.64 Å². The van der Waals surface area contributed by atoms with Gasteiger partial charge in [-0.2, -0.15) is 17.0 Å². The highest BCUT2D eigenvalue weighted by atomic mass is 35.5. The third-order valence-corrected chi connectivity index (χ3v) is 7.03. The molecule has 7 nitrogen and oxygen atoms in total. The van der Waals surface area contributed by atoms with Gasteiger partial charge in [-0.25, -0.2) is 4.39 Å². The first-order chi connectivity index (χ1) is 12.3. The third kappa shape index (κ3) is 3.97. The van der Waals surface area contributed by atoms with Crippen LogP contribution in [-0.4, -0.2) is 80.3 Å². The number of rotatable bonds is 3. The van der Waals surface area contributed by atoms with Crippen molar-refractivity contribution in [2.45, 2.75) is 0 Å². The molecule has 0 aromatic heterocycles. The summed E-state index contributed by atoms with van der Waals surface area (Å²) in [6.45, 7) is 2.11. The summed E-state index contributed by atoms with van der Waals surface area (Å²) >= 11 is 11.6. The van der Waals surface area contributed by atoms with Crippen LogP contribution in [0.3, 0.4) is 0 Å². The molecule has 0 aliphatic carbocycles. The van der Waals surface area contributed by atoms with Gasteiger partial charge >= 0.3 is 0 Å². The van der Waals surface area contributed by atoms with Crippen LogP contribution in [0.15, 0.2) is 12.1 Å². The summed E-state index contributed by atoms with van der Waals surface area (Å²) in [6, 6.07) is 2.19. The van der Waals surface area contributed by atoms with E-state index < -0.39 is 21.9 Å². The van der Waals surface area contributed by atoms with Crippen molar-refractivity contribution in [1.82, 2.24) is 13.5 Å². The fraction of sp³-hybridized carbons (Fsp3) is 0.533. The molecule has 0 radical (unpaired) electrons. The Morgan fingerprint density at radius 3 is 2.15 bits per heavy atom. The monoisotopic (exact) mass is 425 g/mol. The van der Waals surface area contributed by atoms with Gasteiger partial charge in [0.15, 0.2) is 0 Å². The Labute approximate surface area is 161 Å². The summed E-state index contributed by atoms with van der Waals surface area (Å²) in [5, 5.41) is -0.0993. The van der Waals surface area contributed by atoms with Crippen LogP contribution in [0.5, 0.6) is 0 Å². The topological polar surface area (TPSA) is 70.2 Å². The number of hydrogen-bond donors (Lipinski definition) is 0. The molecule has 11 heteroatoms. The molecule has 1 aromatic rings. The number of halogens is 3. The van der Waals surface area contributed by atoms with Crippen molar-refractivity contribution in [3.05, 3.63) is 33.6 Å². The van der Waals surface area contributed by atoms with Crippen molar-refractivity contribution in [2.24, 2.45) is 0 Å². The minimum atomic E-state index is -3.57. The zero-order chi connectivity index (χ0) is 18.9. The number of ether oxygens (including phenoxy) is 1. The number of nitrogens with zero attached hydrogens (tertiary/aromatic N) is 3. The predicted octanol–water partition coefficient (Wildman–Crippen LogP) is 1.47. The second-order valence-corrected chi connectivity index (χ2v) is 8.70. The molecule has 1 amide bonds. The normalized spacial score (nSPS) is 20.3. The lowest BCUT2D eigenvalue weighted by molar-refractivity contribution is 0.0636. The summed E-state index contributed by atoms with van der Waals surface area (Å²) in [7, 11) is -3.57. The molecular weight excluding hydrogens is 408 g/mol. The Bertz CT molecular complexity index is 794. The minimum Gasteiger partial charge on any atom is -0.379 e. The molecule has 2 aliphatic heterocycles. The summed E-state index contributed by atoms with van der Waals surface area (Å²) in [6.07, 6.45) is 0. The Balaban J connectivity index is 1.66. The number of amides is 1. The van der Waals surface area contributed by atoms with Gasteiger partial charge in [-0.1, -0.05) is 23.2 Å². The van der Waals surface area contributed by atoms with E-state index in [1.165, 1.54) is 19.6 Å².